The fraction of sp³-hybridized carbons (Fsp3) is 0.276. The van der Waals surface area contributed by atoms with Crippen molar-refractivity contribution in [2.24, 2.45) is 0 Å². The third kappa shape index (κ3) is 13.4. The van der Waals surface area contributed by atoms with E-state index in [9.17, 15) is 37.9 Å². The van der Waals surface area contributed by atoms with E-state index >= 15 is 0 Å². The van der Waals surface area contributed by atoms with Gasteiger partial charge < -0.3 is 37.6 Å². The summed E-state index contributed by atoms with van der Waals surface area (Å²) < 4.78 is 62.4. The van der Waals surface area contributed by atoms with Gasteiger partial charge in [0.2, 0.25) is 25.3 Å². The molecule has 6 aromatic rings. The number of esters is 4. The fourth-order valence-electron chi connectivity index (χ4n) is 8.68. The van der Waals surface area contributed by atoms with E-state index in [2.05, 4.69) is 0 Å². The van der Waals surface area contributed by atoms with Crippen molar-refractivity contribution < 1.29 is 66.3 Å². The first kappa shape index (κ1) is 55.9. The van der Waals surface area contributed by atoms with Crippen molar-refractivity contribution in [1.29, 1.82) is 0 Å². The summed E-state index contributed by atoms with van der Waals surface area (Å²) in [6, 6.07) is 38.3. The second-order valence-electron chi connectivity index (χ2n) is 17.4. The molecule has 0 amide bonds. The quantitative estimate of drug-likeness (QED) is 0.0228. The molecule has 74 heavy (non-hydrogen) atoms. The van der Waals surface area contributed by atoms with E-state index < -0.39 is 49.2 Å². The molecule has 0 spiro atoms. The van der Waals surface area contributed by atoms with Gasteiger partial charge in [0.1, 0.15) is 51.1 Å². The molecule has 0 fully saturated rings. The largest absolute Gasteiger partial charge is 0.489 e. The van der Waals surface area contributed by atoms with E-state index in [-0.39, 0.29) is 65.3 Å². The normalized spacial score (nSPS) is 11.3. The number of carbonyl (C=O) groups excluding carboxylic acids is 6. The van der Waals surface area contributed by atoms with Crippen molar-refractivity contribution in [2.45, 2.75) is 67.2 Å². The van der Waals surface area contributed by atoms with Crippen LogP contribution >= 0.6 is 14.3 Å². The second-order valence-corrected chi connectivity index (χ2v) is 22.7. The van der Waals surface area contributed by atoms with Gasteiger partial charge in [-0.05, 0) is 63.8 Å². The highest BCUT2D eigenvalue weighted by Crippen LogP contribution is 2.50. The van der Waals surface area contributed by atoms with Gasteiger partial charge in [-0.3, -0.25) is 28.8 Å². The Hall–Kier alpha value is -7.40. The van der Waals surface area contributed by atoms with Crippen LogP contribution in [0.25, 0.3) is 0 Å². The maximum Gasteiger partial charge on any atom is 0.306 e. The Morgan fingerprint density at radius 2 is 0.595 bits per heavy atom. The fourth-order valence-corrected chi connectivity index (χ4v) is 13.9. The van der Waals surface area contributed by atoms with Crippen LogP contribution in [0.1, 0.15) is 79.8 Å². The highest BCUT2D eigenvalue weighted by molar-refractivity contribution is 7.94. The summed E-state index contributed by atoms with van der Waals surface area (Å²) in [4.78, 5) is 78.2. The van der Waals surface area contributed by atoms with E-state index in [1.807, 2.05) is 13.8 Å². The lowest BCUT2D eigenvalue weighted by molar-refractivity contribution is -0.155. The Labute approximate surface area is 431 Å². The second kappa shape index (κ2) is 26.0. The zero-order valence-electron chi connectivity index (χ0n) is 42.4. The van der Waals surface area contributed by atoms with Gasteiger partial charge in [0.05, 0.1) is 25.7 Å². The Morgan fingerprint density at radius 3 is 0.851 bits per heavy atom. The average Bonchev–Trinajstić information content (AvgIpc) is 3.40. The van der Waals surface area contributed by atoms with E-state index in [4.69, 9.17) is 28.4 Å². The number of carbonyl (C=O) groups is 6. The Balaban J connectivity index is 0.876. The number of benzene rings is 6. The van der Waals surface area contributed by atoms with Crippen molar-refractivity contribution in [2.75, 3.05) is 39.6 Å². The summed E-state index contributed by atoms with van der Waals surface area (Å²) in [6.07, 6.45) is -1.14. The van der Waals surface area contributed by atoms with Gasteiger partial charge in [-0.1, -0.05) is 133 Å². The zero-order valence-corrected chi connectivity index (χ0v) is 44.2. The maximum atomic E-state index is 14.8. The third-order valence-corrected chi connectivity index (χ3v) is 17.8. The minimum atomic E-state index is -3.79. The van der Waals surface area contributed by atoms with E-state index in [0.29, 0.717) is 66.1 Å². The minimum Gasteiger partial charge on any atom is -0.489 e. The molecule has 6 aromatic carbocycles. The summed E-state index contributed by atoms with van der Waals surface area (Å²) in [5.41, 5.74) is 3.35. The lowest BCUT2D eigenvalue weighted by Crippen LogP contribution is -2.24. The molecular weight excluding hydrogens is 983 g/mol. The Morgan fingerprint density at radius 1 is 0.351 bits per heavy atom. The van der Waals surface area contributed by atoms with Crippen molar-refractivity contribution in [3.8, 4) is 11.5 Å². The van der Waals surface area contributed by atoms with Crippen LogP contribution in [0.15, 0.2) is 133 Å². The zero-order chi connectivity index (χ0) is 53.4. The Bertz CT molecular complexity index is 2790. The van der Waals surface area contributed by atoms with Gasteiger partial charge in [-0.2, -0.15) is 0 Å². The minimum absolute atomic E-state index is 0.0575. The van der Waals surface area contributed by atoms with Gasteiger partial charge in [-0.15, -0.1) is 0 Å². The third-order valence-electron chi connectivity index (χ3n) is 12.1. The highest BCUT2D eigenvalue weighted by Gasteiger charge is 2.40. The molecule has 0 atom stereocenters. The lowest BCUT2D eigenvalue weighted by Gasteiger charge is -2.22. The molecule has 0 aromatic heterocycles. The molecule has 0 unspecified atom stereocenters. The maximum absolute atomic E-state index is 14.8. The van der Waals surface area contributed by atoms with Gasteiger partial charge in [0, 0.05) is 43.5 Å². The molecule has 0 saturated heterocycles. The van der Waals surface area contributed by atoms with E-state index in [1.54, 1.807) is 161 Å². The van der Waals surface area contributed by atoms with Crippen molar-refractivity contribution in [1.82, 2.24) is 0 Å². The smallest absolute Gasteiger partial charge is 0.306 e. The predicted octanol–water partition coefficient (Wildman–Crippen LogP) is 9.04. The van der Waals surface area contributed by atoms with Crippen molar-refractivity contribution >= 4 is 70.4 Å². The monoisotopic (exact) mass is 1040 g/mol. The molecule has 16 heteroatoms. The molecule has 0 saturated carbocycles. The number of rotatable bonds is 25. The molecule has 0 aliphatic rings. The van der Waals surface area contributed by atoms with Gasteiger partial charge in [-0.25, -0.2) is 0 Å². The van der Waals surface area contributed by atoms with Crippen LogP contribution in [-0.2, 0) is 47.3 Å². The summed E-state index contributed by atoms with van der Waals surface area (Å²) >= 11 is 0. The summed E-state index contributed by atoms with van der Waals surface area (Å²) in [7, 11) is -7.58. The van der Waals surface area contributed by atoms with Crippen LogP contribution in [0.3, 0.4) is 0 Å². The van der Waals surface area contributed by atoms with Gasteiger partial charge >= 0.3 is 23.9 Å². The number of hydrogen-bond acceptors (Lipinski definition) is 14. The summed E-state index contributed by atoms with van der Waals surface area (Å²) in [5.74, 6) is -1.97. The molecule has 386 valence electrons. The van der Waals surface area contributed by atoms with Crippen molar-refractivity contribution in [3.63, 3.8) is 0 Å². The number of hydrogen-bond donors (Lipinski definition) is 0. The van der Waals surface area contributed by atoms with Crippen LogP contribution in [0.4, 0.5) is 0 Å². The first-order valence-corrected chi connectivity index (χ1v) is 27.5. The van der Waals surface area contributed by atoms with Crippen LogP contribution in [0.5, 0.6) is 11.5 Å². The van der Waals surface area contributed by atoms with Gasteiger partial charge in [0.25, 0.3) is 0 Å². The molecule has 0 heterocycles. The molecule has 0 bridgehead atoms. The SMILES string of the molecule is Cc1cc(C)c(C(=O)P(=O)(c2ccccc2)c2ccccc2)c(C)c1OCCOC(=O)CCC(=O)OCCOC(=O)CCC(=O)OCCOc1c(C)cc(C)c(C(=O)P(=O)(c2ccccc2)c2ccccc2)c1C. The molecule has 14 nitrogen and oxygen atoms in total. The number of aryl methyl sites for hydroxylation is 4. The topological polar surface area (TPSA) is 192 Å². The predicted molar refractivity (Wildman–Crippen MR) is 283 cm³/mol. The highest BCUT2D eigenvalue weighted by atomic mass is 31.2. The lowest BCUT2D eigenvalue weighted by atomic mass is 9.99. The van der Waals surface area contributed by atoms with E-state index in [0.717, 1.165) is 11.1 Å². The molecule has 0 radical (unpaired) electrons. The van der Waals surface area contributed by atoms with E-state index in [1.165, 1.54) is 0 Å². The first-order chi connectivity index (χ1) is 35.5. The van der Waals surface area contributed by atoms with Crippen LogP contribution in [0, 0.1) is 41.5 Å². The van der Waals surface area contributed by atoms with Gasteiger partial charge in [0.15, 0.2) is 0 Å². The molecule has 0 N–H and O–H groups in total. The summed E-state index contributed by atoms with van der Waals surface area (Å²) in [6.45, 7) is 9.72. The van der Waals surface area contributed by atoms with Crippen LogP contribution in [0.2, 0.25) is 0 Å². The Kier molecular flexibility index (Phi) is 19.6. The molecular formula is C58H60O14P2. The summed E-state index contributed by atoms with van der Waals surface area (Å²) in [5, 5.41) is 1.68. The molecule has 6 rings (SSSR count). The molecule has 0 aliphatic carbocycles. The van der Waals surface area contributed by atoms with Crippen molar-refractivity contribution in [3.05, 3.63) is 178 Å². The average molecular weight is 1040 g/mol. The first-order valence-electron chi connectivity index (χ1n) is 24.1. The molecule has 0 aliphatic heterocycles. The number of ether oxygens (including phenoxy) is 6. The van der Waals surface area contributed by atoms with Crippen LogP contribution in [-0.4, -0.2) is 74.6 Å². The van der Waals surface area contributed by atoms with Crippen LogP contribution < -0.4 is 30.7 Å². The standard InChI is InChI=1S/C58H60O14P2/c1-39-37-41(3)55(43(5)53(39)57(63)73(65,45-19-11-7-12-20-45)46-21-13-8-14-22-46)71-35-33-69-51(61)29-27-49(59)67-31-32-68-50(60)28-30-52(62)70-34-36-72-56-42(4)38-40(2)54(44(56)6)58(64)74(66,47-23-15-9-16-24-47)48-25-17-10-18-26-48/h7-26,37-38H,27-36H2,1-6H3.